The lowest BCUT2D eigenvalue weighted by Crippen LogP contribution is -2.48. The van der Waals surface area contributed by atoms with Gasteiger partial charge in [-0.2, -0.15) is 18.4 Å². The molecule has 1 spiro atoms. The van der Waals surface area contributed by atoms with Crippen LogP contribution in [0.2, 0.25) is 0 Å². The highest BCUT2D eigenvalue weighted by atomic mass is 32.1. The van der Waals surface area contributed by atoms with E-state index in [9.17, 15) is 18.0 Å². The van der Waals surface area contributed by atoms with Gasteiger partial charge in [0.15, 0.2) is 5.11 Å². The Morgan fingerprint density at radius 1 is 1.19 bits per heavy atom. The van der Waals surface area contributed by atoms with Gasteiger partial charge in [0.05, 0.1) is 22.9 Å². The highest BCUT2D eigenvalue weighted by molar-refractivity contribution is 7.81. The molecule has 1 amide bonds. The Bertz CT molecular complexity index is 1110. The fourth-order valence-corrected chi connectivity index (χ4v) is 4.88. The molecule has 2 aromatic rings. The Balaban J connectivity index is 1.85. The van der Waals surface area contributed by atoms with E-state index in [0.29, 0.717) is 24.9 Å². The molecule has 2 N–H and O–H groups in total. The number of halogens is 3. The highest BCUT2D eigenvalue weighted by Gasteiger charge is 2.59. The fraction of sp³-hybridized carbons (Fsp3) is 0.318. The number of nitriles is 1. The molecular formula is C22H19F3N4OS. The second-order valence-corrected chi connectivity index (χ2v) is 8.33. The zero-order valence-corrected chi connectivity index (χ0v) is 17.4. The number of nitrogens with two attached hydrogens (primary N) is 1. The molecule has 2 fully saturated rings. The number of thiocarbonyl (C=S) groups is 1. The first-order valence-electron chi connectivity index (χ1n) is 9.71. The molecule has 1 saturated heterocycles. The van der Waals surface area contributed by atoms with Gasteiger partial charge in [0.2, 0.25) is 0 Å². The van der Waals surface area contributed by atoms with E-state index in [4.69, 9.17) is 23.2 Å². The molecule has 2 aromatic carbocycles. The normalized spacial score (nSPS) is 23.7. The van der Waals surface area contributed by atoms with E-state index in [1.807, 2.05) is 31.2 Å². The van der Waals surface area contributed by atoms with Crippen molar-refractivity contribution in [2.75, 3.05) is 9.80 Å². The largest absolute Gasteiger partial charge is 0.417 e. The number of benzene rings is 2. The van der Waals surface area contributed by atoms with E-state index in [2.05, 4.69) is 0 Å². The molecular weight excluding hydrogens is 425 g/mol. The average Bonchev–Trinajstić information content (AvgIpc) is 3.20. The van der Waals surface area contributed by atoms with Gasteiger partial charge in [0, 0.05) is 11.7 Å². The van der Waals surface area contributed by atoms with Gasteiger partial charge in [-0.25, -0.2) is 0 Å². The van der Waals surface area contributed by atoms with Gasteiger partial charge in [0.1, 0.15) is 5.54 Å². The minimum Gasteiger partial charge on any atom is -0.328 e. The van der Waals surface area contributed by atoms with Gasteiger partial charge in [-0.1, -0.05) is 17.7 Å². The first-order chi connectivity index (χ1) is 14.6. The van der Waals surface area contributed by atoms with Crippen LogP contribution < -0.4 is 15.5 Å². The summed E-state index contributed by atoms with van der Waals surface area (Å²) >= 11 is 5.63. The van der Waals surface area contributed by atoms with E-state index in [0.717, 1.165) is 22.6 Å². The summed E-state index contributed by atoms with van der Waals surface area (Å²) in [6.07, 6.45) is -3.35. The summed E-state index contributed by atoms with van der Waals surface area (Å²) in [5.41, 5.74) is 5.17. The van der Waals surface area contributed by atoms with E-state index < -0.39 is 28.7 Å². The minimum absolute atomic E-state index is 0.0178. The summed E-state index contributed by atoms with van der Waals surface area (Å²) < 4.78 is 40.5. The number of rotatable bonds is 2. The number of aryl methyl sites for hydroxylation is 1. The molecule has 1 aliphatic carbocycles. The quantitative estimate of drug-likeness (QED) is 0.701. The van der Waals surface area contributed by atoms with Gasteiger partial charge in [-0.05, 0) is 68.7 Å². The van der Waals surface area contributed by atoms with E-state index in [1.165, 1.54) is 6.07 Å². The first kappa shape index (κ1) is 21.3. The molecule has 2 atom stereocenters. The van der Waals surface area contributed by atoms with E-state index in [1.54, 1.807) is 11.0 Å². The van der Waals surface area contributed by atoms with Crippen molar-refractivity contribution < 1.29 is 18.0 Å². The van der Waals surface area contributed by atoms with Gasteiger partial charge in [-0.3, -0.25) is 9.69 Å². The van der Waals surface area contributed by atoms with Crippen molar-refractivity contribution in [3.63, 3.8) is 0 Å². The number of anilines is 2. The van der Waals surface area contributed by atoms with Crippen molar-refractivity contribution in [1.29, 1.82) is 5.26 Å². The highest BCUT2D eigenvalue weighted by Crippen LogP contribution is 2.46. The lowest BCUT2D eigenvalue weighted by Gasteiger charge is -2.33. The molecule has 1 heterocycles. The third kappa shape index (κ3) is 3.36. The Kier molecular flexibility index (Phi) is 5.03. The van der Waals surface area contributed by atoms with Crippen LogP contribution in [0.25, 0.3) is 0 Å². The van der Waals surface area contributed by atoms with Crippen molar-refractivity contribution in [3.05, 3.63) is 59.2 Å². The summed E-state index contributed by atoms with van der Waals surface area (Å²) in [6, 6.07) is 12.0. The van der Waals surface area contributed by atoms with Crippen molar-refractivity contribution in [2.24, 2.45) is 5.73 Å². The summed E-state index contributed by atoms with van der Waals surface area (Å²) in [5.74, 6) is -0.399. The minimum atomic E-state index is -4.74. The summed E-state index contributed by atoms with van der Waals surface area (Å²) in [7, 11) is 0. The zero-order valence-electron chi connectivity index (χ0n) is 16.6. The first-order valence-corrected chi connectivity index (χ1v) is 10.1. The Hall–Kier alpha value is -2.96. The second-order valence-electron chi connectivity index (χ2n) is 7.97. The summed E-state index contributed by atoms with van der Waals surface area (Å²) in [6.45, 7) is 1.93. The molecule has 9 heteroatoms. The van der Waals surface area contributed by atoms with Gasteiger partial charge < -0.3 is 10.6 Å². The van der Waals surface area contributed by atoms with Crippen LogP contribution in [0.5, 0.6) is 0 Å². The van der Waals surface area contributed by atoms with Crippen LogP contribution in [-0.2, 0) is 11.0 Å². The van der Waals surface area contributed by atoms with Crippen LogP contribution in [0.4, 0.5) is 24.5 Å². The maximum Gasteiger partial charge on any atom is 0.417 e. The van der Waals surface area contributed by atoms with Gasteiger partial charge in [0.25, 0.3) is 5.91 Å². The molecule has 0 bridgehead atoms. The van der Waals surface area contributed by atoms with Gasteiger partial charge in [-0.15, -0.1) is 0 Å². The number of hydrogen-bond donors (Lipinski definition) is 1. The van der Waals surface area contributed by atoms with Crippen LogP contribution in [0.1, 0.15) is 36.0 Å². The summed E-state index contributed by atoms with van der Waals surface area (Å²) in [5, 5.41) is 9.17. The van der Waals surface area contributed by atoms with Crippen LogP contribution in [0.15, 0.2) is 42.5 Å². The van der Waals surface area contributed by atoms with Crippen LogP contribution >= 0.6 is 12.2 Å². The molecule has 1 aliphatic heterocycles. The predicted octanol–water partition coefficient (Wildman–Crippen LogP) is 4.27. The Labute approximate surface area is 182 Å². The molecule has 31 heavy (non-hydrogen) atoms. The van der Waals surface area contributed by atoms with Gasteiger partial charge >= 0.3 is 6.18 Å². The molecule has 2 unspecified atom stereocenters. The number of hydrogen-bond acceptors (Lipinski definition) is 4. The zero-order chi connectivity index (χ0) is 22.6. The number of carbonyl (C=O) groups excluding carboxylic acids is 1. The fourth-order valence-electron chi connectivity index (χ4n) is 4.42. The summed E-state index contributed by atoms with van der Waals surface area (Å²) in [4.78, 5) is 16.5. The number of carbonyl (C=O) groups is 1. The molecule has 1 saturated carbocycles. The van der Waals surface area contributed by atoms with Crippen LogP contribution in [0, 0.1) is 18.3 Å². The standard InChI is InChI=1S/C22H19F3N4OS/c1-13-2-5-16(6-3-13)29-20(31)28(19(30)21(29)9-8-15(27)11-21)17-7-4-14(12-26)18(10-17)22(23,24)25/h2-7,10,15H,8-9,11,27H2,1H3. The molecule has 0 radical (unpaired) electrons. The smallest absolute Gasteiger partial charge is 0.328 e. The van der Waals surface area contributed by atoms with Crippen LogP contribution in [0.3, 0.4) is 0 Å². The molecule has 4 rings (SSSR count). The van der Waals surface area contributed by atoms with Crippen LogP contribution in [-0.4, -0.2) is 22.6 Å². The van der Waals surface area contributed by atoms with E-state index >= 15 is 0 Å². The number of amides is 1. The lowest BCUT2D eigenvalue weighted by atomic mass is 9.94. The second kappa shape index (κ2) is 7.32. The monoisotopic (exact) mass is 444 g/mol. The van der Waals surface area contributed by atoms with Crippen molar-refractivity contribution in [2.45, 2.75) is 43.9 Å². The van der Waals surface area contributed by atoms with Crippen molar-refractivity contribution in [3.8, 4) is 6.07 Å². The maximum atomic E-state index is 13.6. The molecule has 160 valence electrons. The maximum absolute atomic E-state index is 13.6. The molecule has 0 aromatic heterocycles. The molecule has 5 nitrogen and oxygen atoms in total. The predicted molar refractivity (Wildman–Crippen MR) is 114 cm³/mol. The number of nitrogens with zero attached hydrogens (tertiary/aromatic N) is 3. The van der Waals surface area contributed by atoms with Crippen molar-refractivity contribution in [1.82, 2.24) is 0 Å². The Morgan fingerprint density at radius 3 is 2.39 bits per heavy atom. The van der Waals surface area contributed by atoms with E-state index in [-0.39, 0.29) is 16.8 Å². The lowest BCUT2D eigenvalue weighted by molar-refractivity contribution is -0.137. The Morgan fingerprint density at radius 2 is 1.84 bits per heavy atom. The topological polar surface area (TPSA) is 73.4 Å². The number of alkyl halides is 3. The SMILES string of the molecule is Cc1ccc(N2C(=S)N(c3ccc(C#N)c(C(F)(F)F)c3)C(=O)C23CCC(N)C3)cc1. The molecule has 2 aliphatic rings. The third-order valence-electron chi connectivity index (χ3n) is 5.92. The third-order valence-corrected chi connectivity index (χ3v) is 6.28. The van der Waals surface area contributed by atoms with Crippen molar-refractivity contribution >= 4 is 34.6 Å². The average molecular weight is 444 g/mol.